The van der Waals surface area contributed by atoms with Crippen molar-refractivity contribution in [3.63, 3.8) is 0 Å². The van der Waals surface area contributed by atoms with Gasteiger partial charge in [-0.2, -0.15) is 0 Å². The lowest BCUT2D eigenvalue weighted by Gasteiger charge is -2.35. The molecule has 0 aromatic heterocycles. The van der Waals surface area contributed by atoms with Crippen LogP contribution in [-0.2, 0) is 9.53 Å². The summed E-state index contributed by atoms with van der Waals surface area (Å²) < 4.78 is 5.50. The van der Waals surface area contributed by atoms with E-state index < -0.39 is 5.97 Å². The fourth-order valence-corrected chi connectivity index (χ4v) is 3.39. The van der Waals surface area contributed by atoms with Crippen molar-refractivity contribution in [2.24, 2.45) is 5.73 Å². The molecule has 9 heteroatoms. The van der Waals surface area contributed by atoms with E-state index in [0.29, 0.717) is 25.2 Å². The van der Waals surface area contributed by atoms with E-state index in [1.54, 1.807) is 29.2 Å². The van der Waals surface area contributed by atoms with Gasteiger partial charge in [-0.3, -0.25) is 20.0 Å². The second-order valence-corrected chi connectivity index (χ2v) is 6.86. The zero-order valence-corrected chi connectivity index (χ0v) is 15.1. The lowest BCUT2D eigenvalue weighted by molar-refractivity contribution is -0.137. The van der Waals surface area contributed by atoms with Gasteiger partial charge in [-0.05, 0) is 24.3 Å². The number of aliphatic carboxylic acids is 1. The van der Waals surface area contributed by atoms with Crippen LogP contribution in [0, 0.1) is 5.41 Å². The first kappa shape index (κ1) is 19.1. The van der Waals surface area contributed by atoms with Crippen LogP contribution in [0.1, 0.15) is 12.0 Å². The lowest BCUT2D eigenvalue weighted by atomic mass is 10.2. The Balaban J connectivity index is 1.48. The average Bonchev–Trinajstić information content (AvgIpc) is 3.01. The molecule has 3 rings (SSSR count). The van der Waals surface area contributed by atoms with Gasteiger partial charge in [0.25, 0.3) is 0 Å². The molecule has 0 radical (unpaired) electrons. The molecule has 2 heterocycles. The van der Waals surface area contributed by atoms with Crippen molar-refractivity contribution < 1.29 is 19.4 Å². The third-order valence-corrected chi connectivity index (χ3v) is 4.93. The molecule has 4 N–H and O–H groups in total. The molecule has 27 heavy (non-hydrogen) atoms. The minimum Gasteiger partial charge on any atom is -0.481 e. The van der Waals surface area contributed by atoms with E-state index in [1.807, 2.05) is 0 Å². The summed E-state index contributed by atoms with van der Waals surface area (Å²) in [5, 5.41) is 16.2. The third-order valence-electron chi connectivity index (χ3n) is 4.93. The van der Waals surface area contributed by atoms with Gasteiger partial charge in [0.15, 0.2) is 0 Å². The molecule has 2 aliphatic heterocycles. The number of rotatable bonds is 7. The molecule has 146 valence electrons. The van der Waals surface area contributed by atoms with Crippen LogP contribution in [0.5, 0.6) is 0 Å². The highest BCUT2D eigenvalue weighted by Gasteiger charge is 2.34. The Morgan fingerprint density at radius 1 is 1.19 bits per heavy atom. The standard InChI is InChI=1S/C18H25N5O4/c19-17(20)13-1-3-14(4-2-13)23-12-15(27-18(23)26)11-22-9-7-21(8-10-22)6-5-16(24)25/h1-4,15H,5-12H2,(H3,19,20)(H,24,25)/t15-/m0/s1. The summed E-state index contributed by atoms with van der Waals surface area (Å²) in [6.45, 7) is 5.04. The van der Waals surface area contributed by atoms with Gasteiger partial charge in [0.05, 0.1) is 13.0 Å². The van der Waals surface area contributed by atoms with Crippen LogP contribution >= 0.6 is 0 Å². The molecule has 1 atom stereocenters. The maximum Gasteiger partial charge on any atom is 0.414 e. The van der Waals surface area contributed by atoms with E-state index >= 15 is 0 Å². The minimum absolute atomic E-state index is 0.00841. The van der Waals surface area contributed by atoms with Crippen molar-refractivity contribution in [2.75, 3.05) is 50.7 Å². The Kier molecular flexibility index (Phi) is 5.92. The Morgan fingerprint density at radius 2 is 1.81 bits per heavy atom. The fraction of sp³-hybridized carbons (Fsp3) is 0.500. The Bertz CT molecular complexity index is 700. The molecular weight excluding hydrogens is 350 g/mol. The van der Waals surface area contributed by atoms with Gasteiger partial charge in [0, 0.05) is 50.5 Å². The molecule has 1 aromatic carbocycles. The molecule has 0 spiro atoms. The number of carboxylic acid groups (broad SMARTS) is 1. The second-order valence-electron chi connectivity index (χ2n) is 6.86. The van der Waals surface area contributed by atoms with E-state index in [-0.39, 0.29) is 24.5 Å². The Hall–Kier alpha value is -2.65. The smallest absolute Gasteiger partial charge is 0.414 e. The maximum atomic E-state index is 12.2. The number of carbonyl (C=O) groups is 2. The summed E-state index contributed by atoms with van der Waals surface area (Å²) in [5.74, 6) is -0.780. The van der Waals surface area contributed by atoms with Crippen molar-refractivity contribution in [1.29, 1.82) is 5.41 Å². The maximum absolute atomic E-state index is 12.2. The van der Waals surface area contributed by atoms with E-state index in [1.165, 1.54) is 0 Å². The highest BCUT2D eigenvalue weighted by molar-refractivity contribution is 5.96. The summed E-state index contributed by atoms with van der Waals surface area (Å²) in [4.78, 5) is 28.9. The van der Waals surface area contributed by atoms with Crippen LogP contribution in [0.3, 0.4) is 0 Å². The van der Waals surface area contributed by atoms with E-state index in [4.69, 9.17) is 21.0 Å². The summed E-state index contributed by atoms with van der Waals surface area (Å²) in [6, 6.07) is 6.96. The number of nitrogens with one attached hydrogen (secondary N) is 1. The largest absolute Gasteiger partial charge is 0.481 e. The van der Waals surface area contributed by atoms with Crippen molar-refractivity contribution in [3.05, 3.63) is 29.8 Å². The minimum atomic E-state index is -0.772. The fourth-order valence-electron chi connectivity index (χ4n) is 3.39. The average molecular weight is 375 g/mol. The number of nitrogens with zero attached hydrogens (tertiary/aromatic N) is 3. The number of amidine groups is 1. The van der Waals surface area contributed by atoms with Gasteiger partial charge in [-0.15, -0.1) is 0 Å². The number of cyclic esters (lactones) is 1. The van der Waals surface area contributed by atoms with Crippen molar-refractivity contribution >= 4 is 23.6 Å². The number of nitrogens with two attached hydrogens (primary N) is 1. The number of hydrogen-bond donors (Lipinski definition) is 3. The lowest BCUT2D eigenvalue weighted by Crippen LogP contribution is -2.49. The monoisotopic (exact) mass is 375 g/mol. The SMILES string of the molecule is N=C(N)c1ccc(N2C[C@H](CN3CCN(CCC(=O)O)CC3)OC2=O)cc1. The summed E-state index contributed by atoms with van der Waals surface area (Å²) in [5.41, 5.74) is 6.80. The van der Waals surface area contributed by atoms with Gasteiger partial charge in [-0.25, -0.2) is 4.79 Å². The first-order valence-electron chi connectivity index (χ1n) is 9.01. The number of carbonyl (C=O) groups excluding carboxylic acids is 1. The molecule has 0 aliphatic carbocycles. The van der Waals surface area contributed by atoms with E-state index in [9.17, 15) is 9.59 Å². The second kappa shape index (κ2) is 8.36. The highest BCUT2D eigenvalue weighted by Crippen LogP contribution is 2.22. The molecule has 0 unspecified atom stereocenters. The molecule has 0 bridgehead atoms. The van der Waals surface area contributed by atoms with Crippen LogP contribution in [-0.4, -0.2) is 84.7 Å². The van der Waals surface area contributed by atoms with E-state index in [0.717, 1.165) is 31.9 Å². The molecule has 1 aromatic rings. The van der Waals surface area contributed by atoms with Crippen molar-refractivity contribution in [2.45, 2.75) is 12.5 Å². The predicted octanol–water partition coefficient (Wildman–Crippen LogP) is 0.388. The van der Waals surface area contributed by atoms with Crippen LogP contribution in [0.15, 0.2) is 24.3 Å². The molecule has 2 saturated heterocycles. The van der Waals surface area contributed by atoms with Crippen molar-refractivity contribution in [3.8, 4) is 0 Å². The Morgan fingerprint density at radius 3 is 2.41 bits per heavy atom. The van der Waals surface area contributed by atoms with Crippen LogP contribution < -0.4 is 10.6 Å². The zero-order chi connectivity index (χ0) is 19.4. The van der Waals surface area contributed by atoms with Crippen LogP contribution in [0.4, 0.5) is 10.5 Å². The van der Waals surface area contributed by atoms with Gasteiger partial charge >= 0.3 is 12.1 Å². The number of piperazine rings is 1. The quantitative estimate of drug-likeness (QED) is 0.465. The van der Waals surface area contributed by atoms with Crippen LogP contribution in [0.25, 0.3) is 0 Å². The first-order chi connectivity index (χ1) is 12.9. The number of anilines is 1. The van der Waals surface area contributed by atoms with Gasteiger partial charge < -0.3 is 20.5 Å². The predicted molar refractivity (Wildman–Crippen MR) is 100 cm³/mol. The number of benzene rings is 1. The van der Waals surface area contributed by atoms with Crippen LogP contribution in [0.2, 0.25) is 0 Å². The van der Waals surface area contributed by atoms with Crippen molar-refractivity contribution in [1.82, 2.24) is 9.80 Å². The van der Waals surface area contributed by atoms with E-state index in [2.05, 4.69) is 9.80 Å². The van der Waals surface area contributed by atoms with Gasteiger partial charge in [0.1, 0.15) is 11.9 Å². The number of hydrogen-bond acceptors (Lipinski definition) is 6. The normalized spacial score (nSPS) is 21.3. The number of ether oxygens (including phenoxy) is 1. The molecule has 2 aliphatic rings. The Labute approximate surface area is 157 Å². The molecular formula is C18H25N5O4. The van der Waals surface area contributed by atoms with Gasteiger partial charge in [0.2, 0.25) is 0 Å². The first-order valence-corrected chi connectivity index (χ1v) is 9.01. The highest BCUT2D eigenvalue weighted by atomic mass is 16.6. The molecule has 1 amide bonds. The van der Waals surface area contributed by atoms with Gasteiger partial charge in [-0.1, -0.05) is 0 Å². The topological polar surface area (TPSA) is 123 Å². The number of carboxylic acids is 1. The molecule has 9 nitrogen and oxygen atoms in total. The molecule has 0 saturated carbocycles. The summed E-state index contributed by atoms with van der Waals surface area (Å²) in [6.07, 6.45) is -0.399. The number of nitrogen functional groups attached to an aromatic ring is 1. The zero-order valence-electron chi connectivity index (χ0n) is 15.1. The summed E-state index contributed by atoms with van der Waals surface area (Å²) >= 11 is 0. The molecule has 2 fully saturated rings. The third kappa shape index (κ3) is 4.95. The summed E-state index contributed by atoms with van der Waals surface area (Å²) in [7, 11) is 0. The number of amides is 1.